The Labute approximate surface area is 179 Å². The number of carbonyl (C=O) groups excluding carboxylic acids is 1. The molecule has 1 heterocycles. The molecule has 0 bridgehead atoms. The topological polar surface area (TPSA) is 65.7 Å². The lowest BCUT2D eigenvalue weighted by molar-refractivity contribution is 0.0378. The Morgan fingerprint density at radius 1 is 0.903 bits per heavy atom. The summed E-state index contributed by atoms with van der Waals surface area (Å²) in [6.45, 7) is 3.77. The van der Waals surface area contributed by atoms with Crippen molar-refractivity contribution in [3.05, 3.63) is 100 Å². The van der Waals surface area contributed by atoms with E-state index in [9.17, 15) is 9.59 Å². The van der Waals surface area contributed by atoms with Gasteiger partial charge in [0.05, 0.1) is 17.1 Å². The van der Waals surface area contributed by atoms with E-state index in [0.717, 1.165) is 11.1 Å². The maximum absolute atomic E-state index is 13.1. The maximum Gasteiger partial charge on any atom is 0.338 e. The largest absolute Gasteiger partial charge is 0.481 e. The van der Waals surface area contributed by atoms with Gasteiger partial charge < -0.3 is 13.9 Å². The van der Waals surface area contributed by atoms with E-state index in [1.165, 1.54) is 0 Å². The van der Waals surface area contributed by atoms with Gasteiger partial charge in [-0.15, -0.1) is 0 Å². The van der Waals surface area contributed by atoms with Crippen LogP contribution in [0.15, 0.2) is 88.1 Å². The third-order valence-corrected chi connectivity index (χ3v) is 4.71. The number of fused-ring (bicyclic) bond motifs is 1. The fourth-order valence-corrected chi connectivity index (χ4v) is 3.21. The van der Waals surface area contributed by atoms with Gasteiger partial charge in [-0.1, -0.05) is 54.6 Å². The van der Waals surface area contributed by atoms with E-state index in [1.54, 1.807) is 56.3 Å². The Hall–Kier alpha value is -3.86. The summed E-state index contributed by atoms with van der Waals surface area (Å²) < 4.78 is 17.2. The fraction of sp³-hybridized carbons (Fsp3) is 0.154. The average Bonchev–Trinajstić information content (AvgIpc) is 2.79. The second kappa shape index (κ2) is 8.88. The number of para-hydroxylation sites is 1. The van der Waals surface area contributed by atoms with Crippen LogP contribution in [0.4, 0.5) is 0 Å². The first-order chi connectivity index (χ1) is 15.0. The van der Waals surface area contributed by atoms with Gasteiger partial charge in [0.15, 0.2) is 5.76 Å². The summed E-state index contributed by atoms with van der Waals surface area (Å²) in [5, 5.41) is 0.462. The molecule has 0 fully saturated rings. The van der Waals surface area contributed by atoms with Gasteiger partial charge in [-0.2, -0.15) is 0 Å². The molecule has 5 heteroatoms. The van der Waals surface area contributed by atoms with Crippen molar-refractivity contribution in [1.29, 1.82) is 0 Å². The van der Waals surface area contributed by atoms with Crippen LogP contribution < -0.4 is 10.2 Å². The molecule has 0 spiro atoms. The van der Waals surface area contributed by atoms with Gasteiger partial charge in [-0.3, -0.25) is 4.79 Å². The van der Waals surface area contributed by atoms with E-state index >= 15 is 0 Å². The number of hydrogen-bond donors (Lipinski definition) is 0. The smallest absolute Gasteiger partial charge is 0.338 e. The highest BCUT2D eigenvalue weighted by atomic mass is 16.5. The Balaban J connectivity index is 1.64. The zero-order valence-corrected chi connectivity index (χ0v) is 17.3. The average molecular weight is 414 g/mol. The van der Waals surface area contributed by atoms with Crippen LogP contribution in [0, 0.1) is 0 Å². The van der Waals surface area contributed by atoms with E-state index in [1.807, 2.05) is 36.4 Å². The summed E-state index contributed by atoms with van der Waals surface area (Å²) in [6.07, 6.45) is -0.181. The minimum atomic E-state index is -0.371. The zero-order chi connectivity index (χ0) is 21.8. The molecule has 156 valence electrons. The minimum absolute atomic E-state index is 0.155. The molecule has 0 saturated heterocycles. The molecular weight excluding hydrogens is 392 g/mol. The second-order valence-corrected chi connectivity index (χ2v) is 7.39. The molecule has 0 aliphatic heterocycles. The highest BCUT2D eigenvalue weighted by molar-refractivity contribution is 5.89. The van der Waals surface area contributed by atoms with E-state index in [2.05, 4.69) is 0 Å². The van der Waals surface area contributed by atoms with Gasteiger partial charge >= 0.3 is 5.97 Å². The van der Waals surface area contributed by atoms with E-state index in [0.29, 0.717) is 22.3 Å². The Morgan fingerprint density at radius 2 is 1.58 bits per heavy atom. The molecule has 0 saturated carbocycles. The Kier molecular flexibility index (Phi) is 5.85. The SMILES string of the molecule is CC(C)OC(=O)c1ccc(COc2c(-c3ccccc3)oc3ccccc3c2=O)cc1. The van der Waals surface area contributed by atoms with Gasteiger partial charge in [0.1, 0.15) is 12.2 Å². The molecule has 0 N–H and O–H groups in total. The van der Waals surface area contributed by atoms with Gasteiger partial charge in [0.25, 0.3) is 0 Å². The van der Waals surface area contributed by atoms with E-state index in [-0.39, 0.29) is 29.9 Å². The summed E-state index contributed by atoms with van der Waals surface area (Å²) in [4.78, 5) is 25.2. The number of ether oxygens (including phenoxy) is 2. The third-order valence-electron chi connectivity index (χ3n) is 4.71. The molecule has 0 unspecified atom stereocenters. The first-order valence-corrected chi connectivity index (χ1v) is 10.1. The minimum Gasteiger partial charge on any atom is -0.481 e. The molecule has 5 nitrogen and oxygen atoms in total. The number of rotatable bonds is 6. The molecule has 4 rings (SSSR count). The van der Waals surface area contributed by atoms with Crippen LogP contribution >= 0.6 is 0 Å². The molecule has 3 aromatic carbocycles. The molecule has 0 atom stereocenters. The van der Waals surface area contributed by atoms with Crippen molar-refractivity contribution in [2.45, 2.75) is 26.6 Å². The molecule has 0 radical (unpaired) electrons. The van der Waals surface area contributed by atoms with Crippen LogP contribution in [0.2, 0.25) is 0 Å². The lowest BCUT2D eigenvalue weighted by Gasteiger charge is -2.12. The molecule has 31 heavy (non-hydrogen) atoms. The first kappa shape index (κ1) is 20.4. The van der Waals surface area contributed by atoms with Crippen molar-refractivity contribution in [3.63, 3.8) is 0 Å². The molecule has 4 aromatic rings. The summed E-state index contributed by atoms with van der Waals surface area (Å²) in [5.41, 5.74) is 2.32. The number of benzene rings is 3. The highest BCUT2D eigenvalue weighted by Crippen LogP contribution is 2.31. The third kappa shape index (κ3) is 4.51. The Bertz CT molecular complexity index is 1250. The summed E-state index contributed by atoms with van der Waals surface area (Å²) in [5.74, 6) is 0.179. The molecular formula is C26H22O5. The molecule has 0 aliphatic rings. The Morgan fingerprint density at radius 3 is 2.29 bits per heavy atom. The molecule has 0 aliphatic carbocycles. The first-order valence-electron chi connectivity index (χ1n) is 10.1. The lowest BCUT2D eigenvalue weighted by atomic mass is 10.1. The van der Waals surface area contributed by atoms with Crippen LogP contribution in [0.5, 0.6) is 5.75 Å². The van der Waals surface area contributed by atoms with Crippen molar-refractivity contribution >= 4 is 16.9 Å². The van der Waals surface area contributed by atoms with E-state index in [4.69, 9.17) is 13.9 Å². The summed E-state index contributed by atoms with van der Waals surface area (Å²) in [7, 11) is 0. The van der Waals surface area contributed by atoms with Crippen molar-refractivity contribution in [1.82, 2.24) is 0 Å². The van der Waals surface area contributed by atoms with Gasteiger partial charge in [0.2, 0.25) is 11.2 Å². The summed E-state index contributed by atoms with van der Waals surface area (Å²) in [6, 6.07) is 23.4. The van der Waals surface area contributed by atoms with Crippen LogP contribution in [-0.2, 0) is 11.3 Å². The van der Waals surface area contributed by atoms with Crippen molar-refractivity contribution in [2.75, 3.05) is 0 Å². The van der Waals surface area contributed by atoms with Gasteiger partial charge in [-0.05, 0) is 43.7 Å². The van der Waals surface area contributed by atoms with Crippen LogP contribution in [0.1, 0.15) is 29.8 Å². The number of esters is 1. The maximum atomic E-state index is 13.1. The number of carbonyl (C=O) groups is 1. The zero-order valence-electron chi connectivity index (χ0n) is 17.3. The fourth-order valence-electron chi connectivity index (χ4n) is 3.21. The monoisotopic (exact) mass is 414 g/mol. The molecule has 0 amide bonds. The standard InChI is InChI=1S/C26H22O5/c1-17(2)30-26(28)20-14-12-18(13-15-20)16-29-25-23(27)21-10-6-7-11-22(21)31-24(25)19-8-4-3-5-9-19/h3-15,17H,16H2,1-2H3. The van der Waals surface area contributed by atoms with Crippen LogP contribution in [0.25, 0.3) is 22.3 Å². The van der Waals surface area contributed by atoms with E-state index < -0.39 is 0 Å². The van der Waals surface area contributed by atoms with Crippen molar-refractivity contribution in [2.24, 2.45) is 0 Å². The van der Waals surface area contributed by atoms with Gasteiger partial charge in [-0.25, -0.2) is 4.79 Å². The normalized spacial score (nSPS) is 10.9. The van der Waals surface area contributed by atoms with Crippen molar-refractivity contribution in [3.8, 4) is 17.1 Å². The predicted octanol–water partition coefficient (Wildman–Crippen LogP) is 5.60. The van der Waals surface area contributed by atoms with Crippen LogP contribution in [0.3, 0.4) is 0 Å². The van der Waals surface area contributed by atoms with Crippen LogP contribution in [-0.4, -0.2) is 12.1 Å². The number of hydrogen-bond acceptors (Lipinski definition) is 5. The quantitative estimate of drug-likeness (QED) is 0.384. The molecule has 1 aromatic heterocycles. The second-order valence-electron chi connectivity index (χ2n) is 7.39. The van der Waals surface area contributed by atoms with Gasteiger partial charge in [0, 0.05) is 5.56 Å². The lowest BCUT2D eigenvalue weighted by Crippen LogP contribution is -2.12. The summed E-state index contributed by atoms with van der Waals surface area (Å²) >= 11 is 0. The van der Waals surface area contributed by atoms with Crippen molar-refractivity contribution < 1.29 is 18.7 Å². The highest BCUT2D eigenvalue weighted by Gasteiger charge is 2.18. The predicted molar refractivity (Wildman–Crippen MR) is 119 cm³/mol.